The molecule has 0 unspecified atom stereocenters. The van der Waals surface area contributed by atoms with Crippen LogP contribution in [0.25, 0.3) is 11.1 Å². The minimum Gasteiger partial charge on any atom is -0.383 e. The highest BCUT2D eigenvalue weighted by Gasteiger charge is 2.17. The molecule has 3 rings (SSSR count). The maximum absolute atomic E-state index is 12.8. The molecule has 0 aliphatic heterocycles. The fourth-order valence-electron chi connectivity index (χ4n) is 3.63. The number of carbonyl (C=O) groups excluding carboxylic acids is 1. The van der Waals surface area contributed by atoms with E-state index in [9.17, 15) is 13.2 Å². The molecule has 34 heavy (non-hydrogen) atoms. The number of hydrogen-bond acceptors (Lipinski definition) is 4. The lowest BCUT2D eigenvalue weighted by atomic mass is 9.92. The lowest BCUT2D eigenvalue weighted by Gasteiger charge is -2.16. The molecule has 0 spiro atoms. The van der Waals surface area contributed by atoms with Gasteiger partial charge in [-0.15, -0.1) is 0 Å². The first-order valence-electron chi connectivity index (χ1n) is 11.1. The first-order chi connectivity index (χ1) is 16.4. The van der Waals surface area contributed by atoms with Crippen molar-refractivity contribution in [3.8, 4) is 11.1 Å². The highest BCUT2D eigenvalue weighted by molar-refractivity contribution is 7.89. The van der Waals surface area contributed by atoms with Crippen LogP contribution in [-0.2, 0) is 27.7 Å². The zero-order chi connectivity index (χ0) is 24.6. The van der Waals surface area contributed by atoms with Crippen LogP contribution in [0.2, 0.25) is 5.02 Å². The molecule has 0 radical (unpaired) electrons. The third-order valence-corrected chi connectivity index (χ3v) is 7.04. The molecule has 0 heterocycles. The maximum Gasteiger partial charge on any atom is 0.251 e. The lowest BCUT2D eigenvalue weighted by Crippen LogP contribution is -2.27. The Labute approximate surface area is 206 Å². The Kier molecular flexibility index (Phi) is 9.24. The number of carbonyl (C=O) groups is 1. The van der Waals surface area contributed by atoms with Gasteiger partial charge in [0.05, 0.1) is 11.5 Å². The van der Waals surface area contributed by atoms with E-state index in [4.69, 9.17) is 16.3 Å². The molecule has 1 amide bonds. The number of benzene rings is 3. The Balaban J connectivity index is 1.96. The van der Waals surface area contributed by atoms with Crippen molar-refractivity contribution in [2.45, 2.75) is 31.2 Å². The number of sulfonamides is 1. The summed E-state index contributed by atoms with van der Waals surface area (Å²) in [5, 5.41) is 3.30. The second kappa shape index (κ2) is 12.1. The number of rotatable bonds is 11. The van der Waals surface area contributed by atoms with Crippen molar-refractivity contribution < 1.29 is 17.9 Å². The molecule has 0 saturated carbocycles. The van der Waals surface area contributed by atoms with Crippen LogP contribution in [-0.4, -0.2) is 34.6 Å². The minimum absolute atomic E-state index is 0.0757. The highest BCUT2D eigenvalue weighted by atomic mass is 35.5. The van der Waals surface area contributed by atoms with Gasteiger partial charge < -0.3 is 10.1 Å². The molecule has 180 valence electrons. The highest BCUT2D eigenvalue weighted by Crippen LogP contribution is 2.30. The van der Waals surface area contributed by atoms with Crippen LogP contribution in [0.3, 0.4) is 0 Å². The van der Waals surface area contributed by atoms with Crippen LogP contribution in [0.4, 0.5) is 0 Å². The van der Waals surface area contributed by atoms with Crippen molar-refractivity contribution in [3.63, 3.8) is 0 Å². The van der Waals surface area contributed by atoms with E-state index in [1.807, 2.05) is 24.3 Å². The zero-order valence-corrected chi connectivity index (χ0v) is 20.9. The van der Waals surface area contributed by atoms with Gasteiger partial charge in [0.15, 0.2) is 0 Å². The summed E-state index contributed by atoms with van der Waals surface area (Å²) in [5.41, 5.74) is 4.22. The number of nitrogens with one attached hydrogen (secondary N) is 2. The molecule has 3 aromatic rings. The monoisotopic (exact) mass is 500 g/mol. The number of amides is 1. The smallest absolute Gasteiger partial charge is 0.251 e. The third kappa shape index (κ3) is 6.67. The van der Waals surface area contributed by atoms with Gasteiger partial charge in [-0.25, -0.2) is 13.1 Å². The van der Waals surface area contributed by atoms with Gasteiger partial charge in [0.1, 0.15) is 0 Å². The maximum atomic E-state index is 12.8. The van der Waals surface area contributed by atoms with Gasteiger partial charge in [-0.05, 0) is 65.1 Å². The van der Waals surface area contributed by atoms with Crippen LogP contribution >= 0.6 is 11.6 Å². The van der Waals surface area contributed by atoms with Crippen molar-refractivity contribution in [1.82, 2.24) is 10.0 Å². The van der Waals surface area contributed by atoms with Gasteiger partial charge in [0.2, 0.25) is 10.0 Å². The first kappa shape index (κ1) is 25.9. The average molecular weight is 501 g/mol. The van der Waals surface area contributed by atoms with E-state index in [-0.39, 0.29) is 17.3 Å². The topological polar surface area (TPSA) is 84.5 Å². The molecule has 0 aliphatic rings. The number of hydrogen-bond donors (Lipinski definition) is 2. The van der Waals surface area contributed by atoms with Gasteiger partial charge in [-0.2, -0.15) is 0 Å². The number of halogens is 1. The Morgan fingerprint density at radius 1 is 0.971 bits per heavy atom. The Hall–Kier alpha value is -2.71. The Morgan fingerprint density at radius 3 is 2.41 bits per heavy atom. The second-order valence-corrected chi connectivity index (χ2v) is 10.0. The number of methoxy groups -OCH3 is 1. The van der Waals surface area contributed by atoms with Crippen molar-refractivity contribution in [2.75, 3.05) is 20.3 Å². The van der Waals surface area contributed by atoms with E-state index in [1.165, 1.54) is 12.1 Å². The van der Waals surface area contributed by atoms with E-state index >= 15 is 0 Å². The van der Waals surface area contributed by atoms with Crippen molar-refractivity contribution >= 4 is 27.5 Å². The van der Waals surface area contributed by atoms with Crippen LogP contribution in [0.1, 0.15) is 34.8 Å². The van der Waals surface area contributed by atoms with E-state index in [1.54, 1.807) is 31.4 Å². The predicted octanol–water partition coefficient (Wildman–Crippen LogP) is 4.81. The van der Waals surface area contributed by atoms with Crippen molar-refractivity contribution in [1.29, 1.82) is 0 Å². The molecular formula is C26H29ClN2O4S. The molecule has 3 aromatic carbocycles. The molecule has 6 nitrogen and oxygen atoms in total. The summed E-state index contributed by atoms with van der Waals surface area (Å²) in [5.74, 6) is -0.209. The third-order valence-electron chi connectivity index (χ3n) is 5.37. The number of aryl methyl sites for hydroxylation is 1. The molecule has 8 heteroatoms. The van der Waals surface area contributed by atoms with Crippen LogP contribution in [0.15, 0.2) is 71.6 Å². The minimum atomic E-state index is -3.74. The lowest BCUT2D eigenvalue weighted by molar-refractivity contribution is 0.0937. The molecule has 2 N–H and O–H groups in total. The molecule has 0 aromatic heterocycles. The summed E-state index contributed by atoms with van der Waals surface area (Å²) in [6, 6.07) is 19.3. The summed E-state index contributed by atoms with van der Waals surface area (Å²) >= 11 is 5.89. The van der Waals surface area contributed by atoms with Crippen molar-refractivity contribution in [2.24, 2.45) is 0 Å². The van der Waals surface area contributed by atoms with Gasteiger partial charge in [0, 0.05) is 30.8 Å². The fraction of sp³-hybridized carbons (Fsp3) is 0.269. The molecule has 0 atom stereocenters. The normalized spacial score (nSPS) is 11.4. The van der Waals surface area contributed by atoms with Gasteiger partial charge >= 0.3 is 0 Å². The van der Waals surface area contributed by atoms with Crippen LogP contribution in [0.5, 0.6) is 0 Å². The fourth-order valence-corrected chi connectivity index (χ4v) is 4.76. The molecule has 0 aliphatic carbocycles. The van der Waals surface area contributed by atoms with Crippen LogP contribution < -0.4 is 10.0 Å². The summed E-state index contributed by atoms with van der Waals surface area (Å²) < 4.78 is 33.3. The summed E-state index contributed by atoms with van der Waals surface area (Å²) in [6.07, 6.45) is 1.84. The molecule has 0 bridgehead atoms. The quantitative estimate of drug-likeness (QED) is 0.370. The van der Waals surface area contributed by atoms with Crippen molar-refractivity contribution in [3.05, 3.63) is 88.4 Å². The van der Waals surface area contributed by atoms with Gasteiger partial charge in [-0.1, -0.05) is 55.3 Å². The first-order valence-corrected chi connectivity index (χ1v) is 13.0. The molecular weight excluding hydrogens is 472 g/mol. The summed E-state index contributed by atoms with van der Waals surface area (Å²) in [6.45, 7) is 3.01. The molecule has 0 fully saturated rings. The average Bonchev–Trinajstić information content (AvgIpc) is 2.84. The Morgan fingerprint density at radius 2 is 1.71 bits per heavy atom. The number of ether oxygens (including phenoxy) is 1. The SMILES string of the molecule is CCCc1ccccc1-c1cc(C(=O)NCCOC)ccc1CNS(=O)(=O)c1ccc(Cl)cc1. The van der Waals surface area contributed by atoms with E-state index in [0.29, 0.717) is 23.7 Å². The zero-order valence-electron chi connectivity index (χ0n) is 19.3. The standard InChI is InChI=1S/C26H29ClN2O4S/c1-3-6-19-7-4-5-8-24(19)25-17-20(26(30)28-15-16-33-2)9-10-21(25)18-29-34(31,32)23-13-11-22(27)12-14-23/h4-5,7-14,17,29H,3,6,15-16,18H2,1-2H3,(H,28,30). The van der Waals surface area contributed by atoms with E-state index in [2.05, 4.69) is 23.0 Å². The van der Waals surface area contributed by atoms with Gasteiger partial charge in [0.25, 0.3) is 5.91 Å². The van der Waals surface area contributed by atoms with E-state index < -0.39 is 10.0 Å². The predicted molar refractivity (Wildman–Crippen MR) is 136 cm³/mol. The second-order valence-electron chi connectivity index (χ2n) is 7.81. The largest absolute Gasteiger partial charge is 0.383 e. The van der Waals surface area contributed by atoms with Crippen LogP contribution in [0, 0.1) is 0 Å². The van der Waals surface area contributed by atoms with E-state index in [0.717, 1.165) is 35.1 Å². The Bertz CT molecular complexity index is 1230. The molecule has 0 saturated heterocycles. The summed E-state index contributed by atoms with van der Waals surface area (Å²) in [7, 11) is -2.16. The summed E-state index contributed by atoms with van der Waals surface area (Å²) in [4.78, 5) is 12.8. The van der Waals surface area contributed by atoms with Gasteiger partial charge in [-0.3, -0.25) is 4.79 Å².